The zero-order valence-electron chi connectivity index (χ0n) is 13.3. The lowest BCUT2D eigenvalue weighted by molar-refractivity contribution is 0.0919. The Bertz CT molecular complexity index is 376. The van der Waals surface area contributed by atoms with E-state index in [4.69, 9.17) is 5.73 Å². The number of benzene rings is 1. The highest BCUT2D eigenvalue weighted by atomic mass is 15.2. The number of anilines is 1. The first kappa shape index (κ1) is 16.0. The van der Waals surface area contributed by atoms with Gasteiger partial charge in [0.05, 0.1) is 0 Å². The van der Waals surface area contributed by atoms with Crippen LogP contribution in [0.25, 0.3) is 0 Å². The molecule has 1 aromatic rings. The average Bonchev–Trinajstić information content (AvgIpc) is 2.34. The van der Waals surface area contributed by atoms with E-state index in [1.54, 1.807) is 0 Å². The van der Waals surface area contributed by atoms with Crippen LogP contribution in [0.15, 0.2) is 24.3 Å². The van der Waals surface area contributed by atoms with Crippen LogP contribution in [0.2, 0.25) is 0 Å². The summed E-state index contributed by atoms with van der Waals surface area (Å²) in [5.41, 5.74) is 8.66. The molecule has 2 N–H and O–H groups in total. The van der Waals surface area contributed by atoms with E-state index in [0.717, 1.165) is 6.54 Å². The standard InChI is InChI=1S/C16H29N3/c1-7-19(16(2,3)4)15(12-17)13-8-10-14(11-9-13)18(5)6/h8-11,15H,7,12,17H2,1-6H3. The molecule has 108 valence electrons. The topological polar surface area (TPSA) is 32.5 Å². The van der Waals surface area contributed by atoms with Crippen LogP contribution < -0.4 is 10.6 Å². The average molecular weight is 263 g/mol. The van der Waals surface area contributed by atoms with Gasteiger partial charge in [-0.25, -0.2) is 0 Å². The maximum Gasteiger partial charge on any atom is 0.0475 e. The summed E-state index contributed by atoms with van der Waals surface area (Å²) >= 11 is 0. The van der Waals surface area contributed by atoms with Gasteiger partial charge in [-0.3, -0.25) is 4.90 Å². The SMILES string of the molecule is CCN(C(CN)c1ccc(N(C)C)cc1)C(C)(C)C. The smallest absolute Gasteiger partial charge is 0.0475 e. The number of rotatable bonds is 5. The molecule has 0 aliphatic heterocycles. The molecule has 19 heavy (non-hydrogen) atoms. The molecule has 1 unspecified atom stereocenters. The fraction of sp³-hybridized carbons (Fsp3) is 0.625. The van der Waals surface area contributed by atoms with Gasteiger partial charge in [-0.05, 0) is 45.0 Å². The van der Waals surface area contributed by atoms with Gasteiger partial charge in [-0.15, -0.1) is 0 Å². The number of likely N-dealkylation sites (N-methyl/N-ethyl adjacent to an activating group) is 1. The largest absolute Gasteiger partial charge is 0.378 e. The van der Waals surface area contributed by atoms with E-state index in [2.05, 4.69) is 75.9 Å². The lowest BCUT2D eigenvalue weighted by Gasteiger charge is -2.41. The van der Waals surface area contributed by atoms with Gasteiger partial charge in [0.25, 0.3) is 0 Å². The third-order valence-electron chi connectivity index (χ3n) is 3.60. The van der Waals surface area contributed by atoms with Crippen LogP contribution >= 0.6 is 0 Å². The molecule has 0 aromatic heterocycles. The van der Waals surface area contributed by atoms with Crippen molar-refractivity contribution in [3.63, 3.8) is 0 Å². The summed E-state index contributed by atoms with van der Waals surface area (Å²) in [6, 6.07) is 8.99. The fourth-order valence-electron chi connectivity index (χ4n) is 2.60. The Kier molecular flexibility index (Phi) is 5.39. The normalized spacial score (nSPS) is 13.7. The van der Waals surface area contributed by atoms with Crippen molar-refractivity contribution in [3.05, 3.63) is 29.8 Å². The molecule has 0 saturated heterocycles. The summed E-state index contributed by atoms with van der Waals surface area (Å²) in [6.45, 7) is 10.6. The second-order valence-corrected chi connectivity index (χ2v) is 6.19. The van der Waals surface area contributed by atoms with Gasteiger partial charge in [0.2, 0.25) is 0 Å². The van der Waals surface area contributed by atoms with Crippen molar-refractivity contribution in [2.24, 2.45) is 5.73 Å². The van der Waals surface area contributed by atoms with Crippen LogP contribution in [0, 0.1) is 0 Å². The van der Waals surface area contributed by atoms with Crippen LogP contribution in [0.3, 0.4) is 0 Å². The molecule has 0 saturated carbocycles. The Balaban J connectivity index is 3.02. The Morgan fingerprint density at radius 1 is 1.11 bits per heavy atom. The predicted octanol–water partition coefficient (Wildman–Crippen LogP) is 2.87. The quantitative estimate of drug-likeness (QED) is 0.886. The first-order valence-corrected chi connectivity index (χ1v) is 7.05. The van der Waals surface area contributed by atoms with Crippen LogP contribution in [-0.2, 0) is 0 Å². The molecule has 0 aliphatic carbocycles. The highest BCUT2D eigenvalue weighted by molar-refractivity contribution is 5.46. The van der Waals surface area contributed by atoms with E-state index in [-0.39, 0.29) is 11.6 Å². The molecule has 1 atom stereocenters. The van der Waals surface area contributed by atoms with Crippen LogP contribution in [0.5, 0.6) is 0 Å². The first-order chi connectivity index (χ1) is 8.81. The summed E-state index contributed by atoms with van der Waals surface area (Å²) in [5.74, 6) is 0. The van der Waals surface area contributed by atoms with E-state index >= 15 is 0 Å². The molecular weight excluding hydrogens is 234 g/mol. The lowest BCUT2D eigenvalue weighted by Crippen LogP contribution is -2.46. The minimum Gasteiger partial charge on any atom is -0.378 e. The number of nitrogens with zero attached hydrogens (tertiary/aromatic N) is 2. The van der Waals surface area contributed by atoms with Gasteiger partial charge in [0.1, 0.15) is 0 Å². The third kappa shape index (κ3) is 3.95. The molecule has 0 heterocycles. The molecular formula is C16H29N3. The van der Waals surface area contributed by atoms with Gasteiger partial charge >= 0.3 is 0 Å². The van der Waals surface area contributed by atoms with Crippen molar-refractivity contribution in [3.8, 4) is 0 Å². The minimum atomic E-state index is 0.124. The highest BCUT2D eigenvalue weighted by Crippen LogP contribution is 2.28. The van der Waals surface area contributed by atoms with E-state index in [9.17, 15) is 0 Å². The molecule has 0 bridgehead atoms. The van der Waals surface area contributed by atoms with Crippen LogP contribution in [0.4, 0.5) is 5.69 Å². The first-order valence-electron chi connectivity index (χ1n) is 7.05. The lowest BCUT2D eigenvalue weighted by atomic mass is 9.97. The van der Waals surface area contributed by atoms with Gasteiger partial charge in [0.15, 0.2) is 0 Å². The minimum absolute atomic E-state index is 0.124. The summed E-state index contributed by atoms with van der Waals surface area (Å²) in [6.07, 6.45) is 0. The monoisotopic (exact) mass is 263 g/mol. The summed E-state index contributed by atoms with van der Waals surface area (Å²) < 4.78 is 0. The molecule has 0 radical (unpaired) electrons. The van der Waals surface area contributed by atoms with Crippen molar-refractivity contribution in [1.29, 1.82) is 0 Å². The fourth-order valence-corrected chi connectivity index (χ4v) is 2.60. The zero-order valence-corrected chi connectivity index (χ0v) is 13.3. The van der Waals surface area contributed by atoms with Crippen molar-refractivity contribution in [2.45, 2.75) is 39.3 Å². The number of nitrogens with two attached hydrogens (primary N) is 1. The van der Waals surface area contributed by atoms with Gasteiger partial charge < -0.3 is 10.6 Å². The van der Waals surface area contributed by atoms with Gasteiger partial charge in [-0.2, -0.15) is 0 Å². The molecule has 0 fully saturated rings. The molecule has 1 rings (SSSR count). The van der Waals surface area contributed by atoms with Crippen molar-refractivity contribution in [1.82, 2.24) is 4.90 Å². The number of hydrogen-bond acceptors (Lipinski definition) is 3. The molecule has 0 spiro atoms. The van der Waals surface area contributed by atoms with E-state index in [1.807, 2.05) is 0 Å². The highest BCUT2D eigenvalue weighted by Gasteiger charge is 2.27. The molecule has 3 nitrogen and oxygen atoms in total. The van der Waals surface area contributed by atoms with Gasteiger partial charge in [0, 0.05) is 37.9 Å². The zero-order chi connectivity index (χ0) is 14.6. The van der Waals surface area contributed by atoms with Crippen LogP contribution in [0.1, 0.15) is 39.3 Å². The molecule has 1 aromatic carbocycles. The van der Waals surface area contributed by atoms with Crippen molar-refractivity contribution >= 4 is 5.69 Å². The second-order valence-electron chi connectivity index (χ2n) is 6.19. The van der Waals surface area contributed by atoms with Crippen LogP contribution in [-0.4, -0.2) is 37.6 Å². The Morgan fingerprint density at radius 2 is 1.63 bits per heavy atom. The van der Waals surface area contributed by atoms with E-state index in [1.165, 1.54) is 11.3 Å². The summed E-state index contributed by atoms with van der Waals surface area (Å²) in [4.78, 5) is 4.57. The number of hydrogen-bond donors (Lipinski definition) is 1. The van der Waals surface area contributed by atoms with E-state index < -0.39 is 0 Å². The Morgan fingerprint density at radius 3 is 1.95 bits per heavy atom. The maximum absolute atomic E-state index is 6.02. The van der Waals surface area contributed by atoms with Gasteiger partial charge in [-0.1, -0.05) is 19.1 Å². The Hall–Kier alpha value is -1.06. The van der Waals surface area contributed by atoms with Crippen molar-refractivity contribution < 1.29 is 0 Å². The second kappa shape index (κ2) is 6.40. The molecule has 0 amide bonds. The van der Waals surface area contributed by atoms with Crippen molar-refractivity contribution in [2.75, 3.05) is 32.1 Å². The molecule has 3 heteroatoms. The maximum atomic E-state index is 6.02. The Labute approximate surface area is 118 Å². The summed E-state index contributed by atoms with van der Waals surface area (Å²) in [5, 5.41) is 0. The molecule has 0 aliphatic rings. The summed E-state index contributed by atoms with van der Waals surface area (Å²) in [7, 11) is 4.12. The predicted molar refractivity (Wildman–Crippen MR) is 84.7 cm³/mol. The third-order valence-corrected chi connectivity index (χ3v) is 3.60. The van der Waals surface area contributed by atoms with E-state index in [0.29, 0.717) is 6.54 Å².